The predicted octanol–water partition coefficient (Wildman–Crippen LogP) is 1.94. The topological polar surface area (TPSA) is 57.0 Å². The van der Waals surface area contributed by atoms with Gasteiger partial charge in [0.15, 0.2) is 5.78 Å². The average Bonchev–Trinajstić information content (AvgIpc) is 2.76. The number of fused-ring (bicyclic) bond motifs is 1. The average molecular weight is 247 g/mol. The fourth-order valence-electron chi connectivity index (χ4n) is 1.85. The summed E-state index contributed by atoms with van der Waals surface area (Å²) in [7, 11) is 2.85. The molecule has 0 aromatic carbocycles. The van der Waals surface area contributed by atoms with Crippen molar-refractivity contribution in [1.82, 2.24) is 4.40 Å². The molecule has 0 unspecified atom stereocenters. The van der Waals surface area contributed by atoms with E-state index in [1.54, 1.807) is 29.8 Å². The zero-order valence-electron chi connectivity index (χ0n) is 10.4. The number of pyridine rings is 1. The molecule has 0 bridgehead atoms. The Morgan fingerprint density at radius 2 is 1.94 bits per heavy atom. The highest BCUT2D eigenvalue weighted by Crippen LogP contribution is 2.23. The summed E-state index contributed by atoms with van der Waals surface area (Å²) in [5.41, 5.74) is 1.38. The molecule has 94 valence electrons. The fourth-order valence-corrected chi connectivity index (χ4v) is 1.85. The third kappa shape index (κ3) is 1.84. The first-order valence-electron chi connectivity index (χ1n) is 5.37. The summed E-state index contributed by atoms with van der Waals surface area (Å²) in [4.78, 5) is 23.2. The number of hydrogen-bond donors (Lipinski definition) is 0. The molecule has 2 rings (SSSR count). The third-order valence-electron chi connectivity index (χ3n) is 2.74. The lowest BCUT2D eigenvalue weighted by atomic mass is 10.2. The van der Waals surface area contributed by atoms with Crippen molar-refractivity contribution in [3.05, 3.63) is 35.7 Å². The van der Waals surface area contributed by atoms with Crippen LogP contribution in [-0.2, 0) is 4.74 Å². The largest absolute Gasteiger partial charge is 0.497 e. The first-order chi connectivity index (χ1) is 8.58. The minimum atomic E-state index is -0.478. The van der Waals surface area contributed by atoms with Gasteiger partial charge in [-0.1, -0.05) is 0 Å². The minimum absolute atomic E-state index is 0.120. The van der Waals surface area contributed by atoms with Crippen LogP contribution in [0.1, 0.15) is 27.8 Å². The van der Waals surface area contributed by atoms with Gasteiger partial charge in [-0.05, 0) is 12.1 Å². The summed E-state index contributed by atoms with van der Waals surface area (Å²) >= 11 is 0. The zero-order chi connectivity index (χ0) is 13.3. The number of carbonyl (C=O) groups excluding carboxylic acids is 2. The van der Waals surface area contributed by atoms with Crippen molar-refractivity contribution >= 4 is 17.3 Å². The maximum atomic E-state index is 11.7. The second kappa shape index (κ2) is 4.52. The Hall–Kier alpha value is -2.30. The first kappa shape index (κ1) is 12.2. The van der Waals surface area contributed by atoms with Gasteiger partial charge in [-0.15, -0.1) is 0 Å². The number of carbonyl (C=O) groups is 2. The van der Waals surface area contributed by atoms with Gasteiger partial charge in [0, 0.05) is 19.2 Å². The number of nitrogens with zero attached hydrogens (tertiary/aromatic N) is 1. The van der Waals surface area contributed by atoms with E-state index in [1.807, 2.05) is 0 Å². The molecule has 0 atom stereocenters. The molecule has 0 aliphatic carbocycles. The van der Waals surface area contributed by atoms with Crippen LogP contribution in [0.2, 0.25) is 0 Å². The maximum absolute atomic E-state index is 11.7. The van der Waals surface area contributed by atoms with Gasteiger partial charge in [-0.3, -0.25) is 4.79 Å². The van der Waals surface area contributed by atoms with Crippen molar-refractivity contribution in [1.29, 1.82) is 0 Å². The predicted molar refractivity (Wildman–Crippen MR) is 65.3 cm³/mol. The third-order valence-corrected chi connectivity index (χ3v) is 2.74. The molecule has 0 spiro atoms. The summed E-state index contributed by atoms with van der Waals surface area (Å²) in [6.07, 6.45) is 1.69. The Morgan fingerprint density at radius 1 is 1.22 bits per heavy atom. The van der Waals surface area contributed by atoms with E-state index in [4.69, 9.17) is 9.47 Å². The quantitative estimate of drug-likeness (QED) is 0.614. The maximum Gasteiger partial charge on any atom is 0.340 e. The highest BCUT2D eigenvalue weighted by atomic mass is 16.5. The molecule has 0 saturated carbocycles. The van der Waals surface area contributed by atoms with Gasteiger partial charge in [0.05, 0.1) is 31.0 Å². The Kier molecular flexibility index (Phi) is 3.06. The van der Waals surface area contributed by atoms with Gasteiger partial charge in [-0.25, -0.2) is 4.79 Å². The molecule has 0 N–H and O–H groups in total. The van der Waals surface area contributed by atoms with E-state index in [1.165, 1.54) is 20.1 Å². The van der Waals surface area contributed by atoms with Crippen LogP contribution in [0, 0.1) is 0 Å². The second-order valence-electron chi connectivity index (χ2n) is 3.81. The molecule has 0 saturated heterocycles. The fraction of sp³-hybridized carbons (Fsp3) is 0.231. The summed E-state index contributed by atoms with van der Waals surface area (Å²) in [6.45, 7) is 1.45. The lowest BCUT2D eigenvalue weighted by Gasteiger charge is -2.03. The molecular formula is C13H13NO4. The molecule has 0 radical (unpaired) electrons. The molecule has 0 aliphatic rings. The molecular weight excluding hydrogens is 234 g/mol. The van der Waals surface area contributed by atoms with Crippen LogP contribution in [0.25, 0.3) is 5.52 Å². The summed E-state index contributed by atoms with van der Waals surface area (Å²) in [5, 5.41) is 0. The van der Waals surface area contributed by atoms with Gasteiger partial charge in [0.25, 0.3) is 0 Å². The molecule has 0 aliphatic heterocycles. The number of rotatable bonds is 3. The van der Waals surface area contributed by atoms with E-state index >= 15 is 0 Å². The van der Waals surface area contributed by atoms with Gasteiger partial charge in [-0.2, -0.15) is 0 Å². The Labute approximate surface area is 104 Å². The van der Waals surface area contributed by atoms with Crippen LogP contribution in [0.15, 0.2) is 24.4 Å². The number of Topliss-reactive ketones (excluding diaryl/α,β-unsaturated/α-hetero) is 1. The van der Waals surface area contributed by atoms with Gasteiger partial charge in [0.2, 0.25) is 0 Å². The van der Waals surface area contributed by atoms with Crippen LogP contribution in [0.3, 0.4) is 0 Å². The molecule has 5 nitrogen and oxygen atoms in total. The molecule has 18 heavy (non-hydrogen) atoms. The number of aromatic nitrogens is 1. The van der Waals surface area contributed by atoms with Crippen molar-refractivity contribution in [3.8, 4) is 5.75 Å². The van der Waals surface area contributed by atoms with Crippen molar-refractivity contribution < 1.29 is 19.1 Å². The van der Waals surface area contributed by atoms with E-state index in [9.17, 15) is 9.59 Å². The first-order valence-corrected chi connectivity index (χ1v) is 5.37. The van der Waals surface area contributed by atoms with E-state index in [0.717, 1.165) is 0 Å². The standard InChI is InChI=1S/C13H13NO4/c1-8(15)11-7-10(13(16)18-3)12-6-9(17-2)4-5-14(11)12/h4-7H,1-3H3. The smallest absolute Gasteiger partial charge is 0.340 e. The Morgan fingerprint density at radius 3 is 2.50 bits per heavy atom. The van der Waals surface area contributed by atoms with Crippen molar-refractivity contribution in [2.75, 3.05) is 14.2 Å². The van der Waals surface area contributed by atoms with Gasteiger partial charge < -0.3 is 13.9 Å². The van der Waals surface area contributed by atoms with Crippen LogP contribution in [0.4, 0.5) is 0 Å². The van der Waals surface area contributed by atoms with Gasteiger partial charge >= 0.3 is 5.97 Å². The second-order valence-corrected chi connectivity index (χ2v) is 3.81. The number of hydrogen-bond acceptors (Lipinski definition) is 4. The van der Waals surface area contributed by atoms with E-state index in [0.29, 0.717) is 22.5 Å². The monoisotopic (exact) mass is 247 g/mol. The zero-order valence-corrected chi connectivity index (χ0v) is 10.4. The Bertz CT molecular complexity index is 627. The molecule has 0 fully saturated rings. The molecule has 2 aromatic heterocycles. The highest BCUT2D eigenvalue weighted by Gasteiger charge is 2.18. The molecule has 2 aromatic rings. The van der Waals surface area contributed by atoms with Crippen LogP contribution in [0.5, 0.6) is 5.75 Å². The lowest BCUT2D eigenvalue weighted by Crippen LogP contribution is -2.00. The molecule has 0 amide bonds. The van der Waals surface area contributed by atoms with Crippen molar-refractivity contribution in [2.24, 2.45) is 0 Å². The van der Waals surface area contributed by atoms with Crippen molar-refractivity contribution in [2.45, 2.75) is 6.92 Å². The van der Waals surface area contributed by atoms with Crippen molar-refractivity contribution in [3.63, 3.8) is 0 Å². The number of esters is 1. The lowest BCUT2D eigenvalue weighted by molar-refractivity contribution is 0.0603. The van der Waals surface area contributed by atoms with E-state index in [2.05, 4.69) is 0 Å². The summed E-state index contributed by atoms with van der Waals surface area (Å²) < 4.78 is 11.5. The van der Waals surface area contributed by atoms with Crippen LogP contribution in [-0.4, -0.2) is 30.4 Å². The SMILES string of the molecule is COC(=O)c1cc(C(C)=O)n2ccc(OC)cc12. The molecule has 2 heterocycles. The number of methoxy groups -OCH3 is 2. The molecule has 5 heteroatoms. The Balaban J connectivity index is 2.76. The summed E-state index contributed by atoms with van der Waals surface area (Å²) in [5.74, 6) is 0.0134. The van der Waals surface area contributed by atoms with Crippen LogP contribution >= 0.6 is 0 Å². The normalized spacial score (nSPS) is 10.4. The van der Waals surface area contributed by atoms with E-state index in [-0.39, 0.29) is 5.78 Å². The highest BCUT2D eigenvalue weighted by molar-refractivity contribution is 6.03. The summed E-state index contributed by atoms with van der Waals surface area (Å²) in [6, 6.07) is 4.95. The van der Waals surface area contributed by atoms with Gasteiger partial charge in [0.1, 0.15) is 5.75 Å². The number of ether oxygens (including phenoxy) is 2. The van der Waals surface area contributed by atoms with Crippen LogP contribution < -0.4 is 4.74 Å². The number of ketones is 1. The minimum Gasteiger partial charge on any atom is -0.497 e. The van der Waals surface area contributed by atoms with E-state index < -0.39 is 5.97 Å².